The number of carbonyl (C=O) groups is 1. The van der Waals surface area contributed by atoms with Crippen molar-refractivity contribution in [1.82, 2.24) is 4.90 Å². The molecule has 6 aliphatic rings. The van der Waals surface area contributed by atoms with Gasteiger partial charge in [-0.1, -0.05) is 38.0 Å². The Morgan fingerprint density at radius 1 is 1.27 bits per heavy atom. The zero-order valence-corrected chi connectivity index (χ0v) is 21.2. The van der Waals surface area contributed by atoms with Crippen molar-refractivity contribution in [2.75, 3.05) is 19.6 Å². The smallest absolute Gasteiger partial charge is 0.136 e. The number of hydrogen-bond donors (Lipinski definition) is 1. The lowest BCUT2D eigenvalue weighted by atomic mass is 9.57. The Hall–Kier alpha value is -0.970. The first kappa shape index (κ1) is 22.5. The number of nitrogens with zero attached hydrogens (tertiary/aromatic N) is 1. The molecule has 0 unspecified atom stereocenters. The third-order valence-corrected chi connectivity index (χ3v) is 11.4. The van der Waals surface area contributed by atoms with Crippen molar-refractivity contribution in [2.45, 2.75) is 96.8 Å². The summed E-state index contributed by atoms with van der Waals surface area (Å²) < 4.78 is 7.17. The molecule has 2 saturated carbocycles. The van der Waals surface area contributed by atoms with Crippen LogP contribution in [0.3, 0.4) is 0 Å². The van der Waals surface area contributed by atoms with Crippen LogP contribution in [0.25, 0.3) is 0 Å². The molecule has 33 heavy (non-hydrogen) atoms. The van der Waals surface area contributed by atoms with Crippen LogP contribution in [0.5, 0.6) is 0 Å². The molecule has 2 saturated heterocycles. The number of piperidine rings is 1. The molecule has 4 nitrogen and oxygen atoms in total. The van der Waals surface area contributed by atoms with Gasteiger partial charge in [0, 0.05) is 44.4 Å². The number of rotatable bonds is 2. The van der Waals surface area contributed by atoms with Crippen molar-refractivity contribution in [1.29, 1.82) is 0 Å². The zero-order valence-electron chi connectivity index (χ0n) is 21.2. The van der Waals surface area contributed by atoms with Crippen LogP contribution in [0.1, 0.15) is 79.1 Å². The molecular formula is C29H44N2O2. The lowest BCUT2D eigenvalue weighted by Gasteiger charge is -2.47. The van der Waals surface area contributed by atoms with E-state index < -0.39 is 0 Å². The number of ether oxygens (including phenoxy) is 1. The molecule has 0 amide bonds. The maximum atomic E-state index is 12.2. The van der Waals surface area contributed by atoms with Gasteiger partial charge in [-0.15, -0.1) is 0 Å². The standard InChI is InChI=1S/C29H44N2O2/c1-17-13-26-27(31(16-17)12-11-30)19(3)29(33-26)10-8-22-23-6-5-20-14-21(32)7-9-28(20,4)25(23)15-24(22)18(29)2/h5,17,19,22-23,25-27H,6-16,30H2,1-4H3/t17-,19+,22-,23-,25-,26+,27-,28-,29-/m0/s1. The molecule has 1 spiro atoms. The molecule has 2 heterocycles. The highest BCUT2D eigenvalue weighted by Gasteiger charge is 2.61. The summed E-state index contributed by atoms with van der Waals surface area (Å²) in [6.07, 6.45) is 11.5. The lowest BCUT2D eigenvalue weighted by Crippen LogP contribution is -2.53. The van der Waals surface area contributed by atoms with Gasteiger partial charge in [0.15, 0.2) is 0 Å². The predicted octanol–water partition coefficient (Wildman–Crippen LogP) is 4.88. The fourth-order valence-corrected chi connectivity index (χ4v) is 9.72. The molecule has 9 atom stereocenters. The van der Waals surface area contributed by atoms with Crippen molar-refractivity contribution in [3.05, 3.63) is 22.8 Å². The number of ketones is 1. The lowest BCUT2D eigenvalue weighted by molar-refractivity contribution is -0.121. The van der Waals surface area contributed by atoms with Crippen molar-refractivity contribution in [2.24, 2.45) is 40.7 Å². The second-order valence-electron chi connectivity index (χ2n) is 12.8. The first-order valence-electron chi connectivity index (χ1n) is 13.8. The van der Waals surface area contributed by atoms with Crippen LogP contribution in [0.15, 0.2) is 22.8 Å². The Morgan fingerprint density at radius 2 is 2.09 bits per heavy atom. The van der Waals surface area contributed by atoms with Crippen LogP contribution in [0.4, 0.5) is 0 Å². The molecule has 0 bridgehead atoms. The Bertz CT molecular complexity index is 907. The maximum Gasteiger partial charge on any atom is 0.136 e. The molecule has 2 aliphatic heterocycles. The third kappa shape index (κ3) is 3.09. The highest BCUT2D eigenvalue weighted by molar-refractivity contribution is 5.82. The number of hydrogen-bond acceptors (Lipinski definition) is 4. The van der Waals surface area contributed by atoms with Crippen LogP contribution in [-0.2, 0) is 9.53 Å². The van der Waals surface area contributed by atoms with E-state index in [0.29, 0.717) is 42.1 Å². The summed E-state index contributed by atoms with van der Waals surface area (Å²) in [5.41, 5.74) is 11.0. The van der Waals surface area contributed by atoms with E-state index in [9.17, 15) is 4.79 Å². The van der Waals surface area contributed by atoms with E-state index in [0.717, 1.165) is 44.3 Å². The van der Waals surface area contributed by atoms with Gasteiger partial charge in [-0.2, -0.15) is 0 Å². The minimum absolute atomic E-state index is 0.0781. The summed E-state index contributed by atoms with van der Waals surface area (Å²) in [6.45, 7) is 12.7. The Kier molecular flexibility index (Phi) is 5.29. The Morgan fingerprint density at radius 3 is 2.88 bits per heavy atom. The normalized spacial score (nSPS) is 49.5. The fraction of sp³-hybridized carbons (Fsp3) is 0.828. The van der Waals surface area contributed by atoms with Gasteiger partial charge in [-0.05, 0) is 80.1 Å². The van der Waals surface area contributed by atoms with E-state index in [1.54, 1.807) is 11.1 Å². The van der Waals surface area contributed by atoms with Gasteiger partial charge < -0.3 is 10.5 Å². The predicted molar refractivity (Wildman–Crippen MR) is 132 cm³/mol. The number of allylic oxidation sites excluding steroid dienone is 3. The van der Waals surface area contributed by atoms with Gasteiger partial charge in [-0.25, -0.2) is 0 Å². The molecule has 0 aromatic heterocycles. The third-order valence-electron chi connectivity index (χ3n) is 11.4. The number of nitrogens with two attached hydrogens (primary N) is 1. The quantitative estimate of drug-likeness (QED) is 0.607. The molecule has 4 heteroatoms. The minimum atomic E-state index is -0.0781. The first-order chi connectivity index (χ1) is 15.8. The summed E-state index contributed by atoms with van der Waals surface area (Å²) in [7, 11) is 0. The first-order valence-corrected chi connectivity index (χ1v) is 13.8. The van der Waals surface area contributed by atoms with E-state index in [1.807, 2.05) is 0 Å². The molecule has 4 aliphatic carbocycles. The van der Waals surface area contributed by atoms with Crippen molar-refractivity contribution < 1.29 is 9.53 Å². The number of fused-ring (bicyclic) bond motifs is 6. The second kappa shape index (κ2) is 7.77. The zero-order chi connectivity index (χ0) is 23.1. The fourth-order valence-electron chi connectivity index (χ4n) is 9.72. The number of likely N-dealkylation sites (tertiary alicyclic amines) is 1. The monoisotopic (exact) mass is 452 g/mol. The molecule has 0 aromatic rings. The Labute approximate surface area is 200 Å². The van der Waals surface area contributed by atoms with Gasteiger partial charge in [0.1, 0.15) is 5.78 Å². The highest BCUT2D eigenvalue weighted by Crippen LogP contribution is 2.65. The van der Waals surface area contributed by atoms with E-state index in [2.05, 4.69) is 38.7 Å². The van der Waals surface area contributed by atoms with Crippen LogP contribution in [-0.4, -0.2) is 48.1 Å². The van der Waals surface area contributed by atoms with Gasteiger partial charge >= 0.3 is 0 Å². The molecule has 2 N–H and O–H groups in total. The average molecular weight is 453 g/mol. The summed E-state index contributed by atoms with van der Waals surface area (Å²) in [6, 6.07) is 0.510. The van der Waals surface area contributed by atoms with Gasteiger partial charge in [0.2, 0.25) is 0 Å². The van der Waals surface area contributed by atoms with Crippen molar-refractivity contribution >= 4 is 5.78 Å². The van der Waals surface area contributed by atoms with E-state index in [4.69, 9.17) is 10.5 Å². The number of carbonyl (C=O) groups excluding carboxylic acids is 1. The molecular weight excluding hydrogens is 408 g/mol. The van der Waals surface area contributed by atoms with E-state index in [1.165, 1.54) is 37.7 Å². The van der Waals surface area contributed by atoms with Crippen LogP contribution < -0.4 is 5.73 Å². The van der Waals surface area contributed by atoms with Crippen LogP contribution in [0.2, 0.25) is 0 Å². The molecule has 4 fully saturated rings. The SMILES string of the molecule is CC1=C2C[C@H]3[C@@H](CC=C4CC(=O)CC[C@@]43C)[C@@H]2CC[C@]12O[C@@H]1C[C@H](C)CN(CCN)[C@H]1[C@H]2C. The maximum absolute atomic E-state index is 12.2. The molecule has 182 valence electrons. The highest BCUT2D eigenvalue weighted by atomic mass is 16.5. The van der Waals surface area contributed by atoms with E-state index in [-0.39, 0.29) is 11.0 Å². The average Bonchev–Trinajstić information content (AvgIpc) is 3.29. The summed E-state index contributed by atoms with van der Waals surface area (Å²) in [4.78, 5) is 14.9. The largest absolute Gasteiger partial charge is 0.365 e. The minimum Gasteiger partial charge on any atom is -0.365 e. The Balaban J connectivity index is 1.33. The molecule has 6 rings (SSSR count). The van der Waals surface area contributed by atoms with Gasteiger partial charge in [0.05, 0.1) is 11.7 Å². The van der Waals surface area contributed by atoms with Crippen molar-refractivity contribution in [3.63, 3.8) is 0 Å². The summed E-state index contributed by atoms with van der Waals surface area (Å²) in [5, 5.41) is 0. The van der Waals surface area contributed by atoms with Crippen molar-refractivity contribution in [3.8, 4) is 0 Å². The van der Waals surface area contributed by atoms with Crippen LogP contribution in [0, 0.1) is 35.0 Å². The van der Waals surface area contributed by atoms with E-state index >= 15 is 0 Å². The summed E-state index contributed by atoms with van der Waals surface area (Å²) in [5.74, 6) is 3.86. The summed E-state index contributed by atoms with van der Waals surface area (Å²) >= 11 is 0. The van der Waals surface area contributed by atoms with Gasteiger partial charge in [0.25, 0.3) is 0 Å². The second-order valence-corrected chi connectivity index (χ2v) is 12.8. The number of Topliss-reactive ketones (excluding diaryl/α,β-unsaturated/α-hetero) is 1. The molecule has 0 aromatic carbocycles. The van der Waals surface area contributed by atoms with Crippen LogP contribution >= 0.6 is 0 Å². The molecule has 0 radical (unpaired) electrons. The van der Waals surface area contributed by atoms with Gasteiger partial charge in [-0.3, -0.25) is 9.69 Å². The topological polar surface area (TPSA) is 55.6 Å².